The van der Waals surface area contributed by atoms with Crippen LogP contribution >= 0.6 is 0 Å². The minimum atomic E-state index is -0.479. The van der Waals surface area contributed by atoms with Crippen LogP contribution in [-0.4, -0.2) is 23.9 Å². The SMILES string of the molecule is OC1(CC2CCCC2)CCCOC1. The van der Waals surface area contributed by atoms with Gasteiger partial charge in [-0.05, 0) is 25.2 Å². The van der Waals surface area contributed by atoms with Gasteiger partial charge in [0.15, 0.2) is 0 Å². The van der Waals surface area contributed by atoms with E-state index in [1.807, 2.05) is 0 Å². The largest absolute Gasteiger partial charge is 0.387 e. The van der Waals surface area contributed by atoms with E-state index in [0.29, 0.717) is 6.61 Å². The third kappa shape index (κ3) is 2.44. The van der Waals surface area contributed by atoms with Crippen LogP contribution in [0, 0.1) is 5.92 Å². The number of hydrogen-bond acceptors (Lipinski definition) is 2. The van der Waals surface area contributed by atoms with Crippen LogP contribution < -0.4 is 0 Å². The van der Waals surface area contributed by atoms with Gasteiger partial charge in [-0.2, -0.15) is 0 Å². The molecule has 2 fully saturated rings. The van der Waals surface area contributed by atoms with E-state index in [-0.39, 0.29) is 0 Å². The number of rotatable bonds is 2. The molecule has 0 amide bonds. The minimum absolute atomic E-state index is 0.479. The van der Waals surface area contributed by atoms with Crippen molar-refractivity contribution in [1.82, 2.24) is 0 Å². The quantitative estimate of drug-likeness (QED) is 0.712. The van der Waals surface area contributed by atoms with Gasteiger partial charge in [0.05, 0.1) is 12.2 Å². The molecule has 13 heavy (non-hydrogen) atoms. The molecule has 76 valence electrons. The van der Waals surface area contributed by atoms with Gasteiger partial charge in [-0.1, -0.05) is 25.7 Å². The van der Waals surface area contributed by atoms with Crippen LogP contribution in [-0.2, 0) is 4.74 Å². The van der Waals surface area contributed by atoms with Gasteiger partial charge in [0, 0.05) is 6.61 Å². The first-order chi connectivity index (χ1) is 6.29. The lowest BCUT2D eigenvalue weighted by Gasteiger charge is -2.34. The van der Waals surface area contributed by atoms with Crippen molar-refractivity contribution in [2.45, 2.75) is 50.5 Å². The van der Waals surface area contributed by atoms with E-state index in [9.17, 15) is 5.11 Å². The molecule has 2 aliphatic rings. The Kier molecular flexibility index (Phi) is 2.89. The number of hydrogen-bond donors (Lipinski definition) is 1. The monoisotopic (exact) mass is 184 g/mol. The summed E-state index contributed by atoms with van der Waals surface area (Å²) in [5.74, 6) is 0.770. The first kappa shape index (κ1) is 9.47. The summed E-state index contributed by atoms with van der Waals surface area (Å²) in [4.78, 5) is 0. The molecule has 2 nitrogen and oxygen atoms in total. The van der Waals surface area contributed by atoms with Gasteiger partial charge in [-0.3, -0.25) is 0 Å². The Labute approximate surface area is 80.3 Å². The molecule has 0 radical (unpaired) electrons. The van der Waals surface area contributed by atoms with E-state index in [2.05, 4.69) is 0 Å². The summed E-state index contributed by atoms with van der Waals surface area (Å²) >= 11 is 0. The Bertz CT molecular complexity index is 155. The van der Waals surface area contributed by atoms with Crippen LogP contribution in [0.5, 0.6) is 0 Å². The molecule has 1 saturated heterocycles. The Morgan fingerprint density at radius 2 is 2.00 bits per heavy atom. The topological polar surface area (TPSA) is 29.5 Å². The lowest BCUT2D eigenvalue weighted by atomic mass is 9.85. The number of ether oxygens (including phenoxy) is 1. The molecule has 0 bridgehead atoms. The maximum atomic E-state index is 10.2. The highest BCUT2D eigenvalue weighted by Gasteiger charge is 2.33. The smallest absolute Gasteiger partial charge is 0.0883 e. The van der Waals surface area contributed by atoms with Crippen molar-refractivity contribution < 1.29 is 9.84 Å². The molecule has 0 spiro atoms. The predicted molar refractivity (Wildman–Crippen MR) is 51.6 cm³/mol. The number of aliphatic hydroxyl groups is 1. The first-order valence-electron chi connectivity index (χ1n) is 5.59. The molecule has 1 heterocycles. The maximum absolute atomic E-state index is 10.2. The van der Waals surface area contributed by atoms with Crippen molar-refractivity contribution in [3.63, 3.8) is 0 Å². The molecule has 0 aromatic heterocycles. The van der Waals surface area contributed by atoms with Crippen LogP contribution in [0.2, 0.25) is 0 Å². The van der Waals surface area contributed by atoms with Crippen molar-refractivity contribution in [3.8, 4) is 0 Å². The van der Waals surface area contributed by atoms with Gasteiger partial charge in [0.2, 0.25) is 0 Å². The third-order valence-corrected chi connectivity index (χ3v) is 3.44. The molecule has 1 unspecified atom stereocenters. The second-order valence-corrected chi connectivity index (χ2v) is 4.74. The normalized spacial score (nSPS) is 36.7. The Hall–Kier alpha value is -0.0800. The van der Waals surface area contributed by atoms with E-state index in [1.54, 1.807) is 0 Å². The van der Waals surface area contributed by atoms with Gasteiger partial charge in [-0.25, -0.2) is 0 Å². The molecule has 0 aromatic carbocycles. The zero-order valence-corrected chi connectivity index (χ0v) is 8.30. The van der Waals surface area contributed by atoms with Gasteiger partial charge < -0.3 is 9.84 Å². The summed E-state index contributed by atoms with van der Waals surface area (Å²) in [5.41, 5.74) is -0.479. The van der Waals surface area contributed by atoms with Crippen LogP contribution in [0.3, 0.4) is 0 Å². The summed E-state index contributed by atoms with van der Waals surface area (Å²) in [6.07, 6.45) is 8.33. The lowest BCUT2D eigenvalue weighted by Crippen LogP contribution is -2.40. The second-order valence-electron chi connectivity index (χ2n) is 4.74. The van der Waals surface area contributed by atoms with Crippen molar-refractivity contribution >= 4 is 0 Å². The fraction of sp³-hybridized carbons (Fsp3) is 1.00. The molecule has 1 aliphatic carbocycles. The fourth-order valence-electron chi connectivity index (χ4n) is 2.75. The highest BCUT2D eigenvalue weighted by molar-refractivity contribution is 4.85. The van der Waals surface area contributed by atoms with E-state index >= 15 is 0 Å². The summed E-state index contributed by atoms with van der Waals surface area (Å²) in [7, 11) is 0. The summed E-state index contributed by atoms with van der Waals surface area (Å²) in [6, 6.07) is 0. The molecular formula is C11H20O2. The van der Waals surface area contributed by atoms with Gasteiger partial charge in [0.1, 0.15) is 0 Å². The van der Waals surface area contributed by atoms with E-state index in [4.69, 9.17) is 4.74 Å². The first-order valence-corrected chi connectivity index (χ1v) is 5.59. The predicted octanol–water partition coefficient (Wildman–Crippen LogP) is 2.11. The van der Waals surface area contributed by atoms with Crippen LogP contribution in [0.1, 0.15) is 44.9 Å². The highest BCUT2D eigenvalue weighted by atomic mass is 16.5. The molecule has 2 rings (SSSR count). The Morgan fingerprint density at radius 3 is 2.62 bits per heavy atom. The molecule has 0 aromatic rings. The van der Waals surface area contributed by atoms with Crippen LogP contribution in [0.25, 0.3) is 0 Å². The maximum Gasteiger partial charge on any atom is 0.0883 e. The van der Waals surface area contributed by atoms with E-state index in [1.165, 1.54) is 25.7 Å². The molecule has 1 aliphatic heterocycles. The van der Waals surface area contributed by atoms with Gasteiger partial charge in [0.25, 0.3) is 0 Å². The van der Waals surface area contributed by atoms with Crippen LogP contribution in [0.15, 0.2) is 0 Å². The summed E-state index contributed by atoms with van der Waals surface area (Å²) in [6.45, 7) is 1.41. The molecule has 1 N–H and O–H groups in total. The molecule has 1 atom stereocenters. The zero-order valence-electron chi connectivity index (χ0n) is 8.30. The van der Waals surface area contributed by atoms with Crippen molar-refractivity contribution in [2.75, 3.05) is 13.2 Å². The van der Waals surface area contributed by atoms with E-state index in [0.717, 1.165) is 31.8 Å². The van der Waals surface area contributed by atoms with Crippen molar-refractivity contribution in [1.29, 1.82) is 0 Å². The van der Waals surface area contributed by atoms with Crippen molar-refractivity contribution in [3.05, 3.63) is 0 Å². The standard InChI is InChI=1S/C11H20O2/c12-11(6-3-7-13-9-11)8-10-4-1-2-5-10/h10,12H,1-9H2. The summed E-state index contributed by atoms with van der Waals surface area (Å²) < 4.78 is 5.35. The minimum Gasteiger partial charge on any atom is -0.387 e. The average molecular weight is 184 g/mol. The van der Waals surface area contributed by atoms with Gasteiger partial charge in [-0.15, -0.1) is 0 Å². The average Bonchev–Trinajstić information content (AvgIpc) is 2.57. The Balaban J connectivity index is 1.83. The molecule has 1 saturated carbocycles. The fourth-order valence-corrected chi connectivity index (χ4v) is 2.75. The van der Waals surface area contributed by atoms with Crippen LogP contribution in [0.4, 0.5) is 0 Å². The lowest BCUT2D eigenvalue weighted by molar-refractivity contribution is -0.0970. The van der Waals surface area contributed by atoms with E-state index < -0.39 is 5.60 Å². The Morgan fingerprint density at radius 1 is 1.23 bits per heavy atom. The summed E-state index contributed by atoms with van der Waals surface area (Å²) in [5, 5.41) is 10.2. The molecular weight excluding hydrogens is 164 g/mol. The zero-order chi connectivity index (χ0) is 9.15. The van der Waals surface area contributed by atoms with Crippen molar-refractivity contribution in [2.24, 2.45) is 5.92 Å². The third-order valence-electron chi connectivity index (χ3n) is 3.44. The molecule has 2 heteroatoms. The highest BCUT2D eigenvalue weighted by Crippen LogP contribution is 2.34. The second kappa shape index (κ2) is 3.97. The van der Waals surface area contributed by atoms with Gasteiger partial charge >= 0.3 is 0 Å².